The minimum absolute atomic E-state index is 0.249. The summed E-state index contributed by atoms with van der Waals surface area (Å²) in [6.07, 6.45) is -0.131. The molecule has 1 aromatic carbocycles. The molecule has 0 aliphatic heterocycles. The highest BCUT2D eigenvalue weighted by atomic mass is 32.2. The number of hydrogen-bond donors (Lipinski definition) is 1. The molecule has 0 fully saturated rings. The van der Waals surface area contributed by atoms with Gasteiger partial charge in [-0.05, 0) is 24.1 Å². The van der Waals surface area contributed by atoms with Crippen LogP contribution in [0.4, 0.5) is 4.39 Å². The lowest BCUT2D eigenvalue weighted by Crippen LogP contribution is -2.29. The third-order valence-electron chi connectivity index (χ3n) is 2.13. The van der Waals surface area contributed by atoms with Crippen molar-refractivity contribution >= 4 is 10.0 Å². The molecule has 1 atom stereocenters. The number of methoxy groups -OCH3 is 1. The average Bonchev–Trinajstić information content (AvgIpc) is 2.18. The van der Waals surface area contributed by atoms with Gasteiger partial charge in [0.25, 0.3) is 0 Å². The first-order chi connectivity index (χ1) is 7.40. The molecule has 90 valence electrons. The van der Waals surface area contributed by atoms with E-state index in [-0.39, 0.29) is 11.6 Å². The number of sulfonamides is 1. The van der Waals surface area contributed by atoms with Gasteiger partial charge in [0.15, 0.2) is 0 Å². The minimum Gasteiger partial charge on any atom is -0.380 e. The summed E-state index contributed by atoms with van der Waals surface area (Å²) >= 11 is 0. The molecule has 4 nitrogen and oxygen atoms in total. The first kappa shape index (κ1) is 13.1. The van der Waals surface area contributed by atoms with E-state index in [1.807, 2.05) is 0 Å². The fourth-order valence-electron chi connectivity index (χ4n) is 1.35. The molecular weight excluding hydrogens is 233 g/mol. The van der Waals surface area contributed by atoms with Gasteiger partial charge in [-0.2, -0.15) is 0 Å². The van der Waals surface area contributed by atoms with Crippen LogP contribution in [0.25, 0.3) is 0 Å². The van der Waals surface area contributed by atoms with E-state index in [1.165, 1.54) is 19.2 Å². The largest absolute Gasteiger partial charge is 0.380 e. The second-order valence-electron chi connectivity index (χ2n) is 3.52. The second-order valence-corrected chi connectivity index (χ2v) is 5.18. The van der Waals surface area contributed by atoms with E-state index in [4.69, 9.17) is 9.88 Å². The fourth-order valence-corrected chi connectivity index (χ4v) is 2.12. The molecule has 2 N–H and O–H groups in total. The van der Waals surface area contributed by atoms with Crippen LogP contribution in [0.5, 0.6) is 0 Å². The molecule has 0 saturated heterocycles. The number of rotatable bonds is 5. The zero-order chi connectivity index (χ0) is 12.2. The maximum absolute atomic E-state index is 12.6. The third kappa shape index (κ3) is 4.69. The highest BCUT2D eigenvalue weighted by Gasteiger charge is 2.15. The van der Waals surface area contributed by atoms with Crippen molar-refractivity contribution in [1.29, 1.82) is 0 Å². The summed E-state index contributed by atoms with van der Waals surface area (Å²) in [7, 11) is -2.15. The lowest BCUT2D eigenvalue weighted by molar-refractivity contribution is 0.121. The Balaban J connectivity index is 2.67. The van der Waals surface area contributed by atoms with Gasteiger partial charge in [0.1, 0.15) is 5.82 Å². The van der Waals surface area contributed by atoms with Gasteiger partial charge >= 0.3 is 0 Å². The maximum atomic E-state index is 12.6. The molecule has 0 aromatic heterocycles. The lowest BCUT2D eigenvalue weighted by Gasteiger charge is -2.13. The van der Waals surface area contributed by atoms with Crippen LogP contribution < -0.4 is 5.14 Å². The van der Waals surface area contributed by atoms with Gasteiger partial charge < -0.3 is 4.74 Å². The Morgan fingerprint density at radius 3 is 2.38 bits per heavy atom. The van der Waals surface area contributed by atoms with Crippen molar-refractivity contribution in [3.63, 3.8) is 0 Å². The smallest absolute Gasteiger partial charge is 0.211 e. The molecule has 0 aliphatic rings. The Morgan fingerprint density at radius 1 is 1.38 bits per heavy atom. The number of halogens is 1. The molecule has 0 saturated carbocycles. The molecule has 0 aliphatic carbocycles. The van der Waals surface area contributed by atoms with Crippen LogP contribution in [0.3, 0.4) is 0 Å². The Hall–Kier alpha value is -0.980. The fraction of sp³-hybridized carbons (Fsp3) is 0.400. The normalized spacial score (nSPS) is 13.7. The van der Waals surface area contributed by atoms with E-state index in [0.717, 1.165) is 5.56 Å². The van der Waals surface area contributed by atoms with Crippen molar-refractivity contribution in [3.8, 4) is 0 Å². The predicted octanol–water partition coefficient (Wildman–Crippen LogP) is 0.672. The topological polar surface area (TPSA) is 69.4 Å². The zero-order valence-electron chi connectivity index (χ0n) is 8.89. The highest BCUT2D eigenvalue weighted by molar-refractivity contribution is 7.89. The Labute approximate surface area is 94.3 Å². The summed E-state index contributed by atoms with van der Waals surface area (Å²) in [5.41, 5.74) is 0.803. The number of benzene rings is 1. The Bertz CT molecular complexity index is 430. The second kappa shape index (κ2) is 5.38. The van der Waals surface area contributed by atoms with Gasteiger partial charge in [-0.25, -0.2) is 17.9 Å². The van der Waals surface area contributed by atoms with Gasteiger partial charge in [-0.3, -0.25) is 0 Å². The summed E-state index contributed by atoms with van der Waals surface area (Å²) in [5, 5.41) is 4.92. The number of ether oxygens (including phenoxy) is 1. The van der Waals surface area contributed by atoms with Crippen molar-refractivity contribution in [2.75, 3.05) is 12.9 Å². The van der Waals surface area contributed by atoms with Crippen LogP contribution in [0.2, 0.25) is 0 Å². The van der Waals surface area contributed by atoms with E-state index in [1.54, 1.807) is 12.1 Å². The molecule has 0 spiro atoms. The summed E-state index contributed by atoms with van der Waals surface area (Å²) in [5.74, 6) is -0.579. The van der Waals surface area contributed by atoms with Crippen LogP contribution >= 0.6 is 0 Å². The summed E-state index contributed by atoms with van der Waals surface area (Å²) in [4.78, 5) is 0. The van der Waals surface area contributed by atoms with Crippen LogP contribution in [0.1, 0.15) is 5.56 Å². The summed E-state index contributed by atoms with van der Waals surface area (Å²) < 4.78 is 39.4. The first-order valence-corrected chi connectivity index (χ1v) is 6.40. The van der Waals surface area contributed by atoms with Gasteiger partial charge in [-0.1, -0.05) is 12.1 Å². The number of nitrogens with two attached hydrogens (primary N) is 1. The van der Waals surface area contributed by atoms with Crippen LogP contribution in [-0.2, 0) is 21.2 Å². The molecule has 0 amide bonds. The Kier molecular flexibility index (Phi) is 4.40. The molecule has 1 aromatic rings. The lowest BCUT2D eigenvalue weighted by atomic mass is 10.1. The minimum atomic E-state index is -3.56. The van der Waals surface area contributed by atoms with E-state index in [2.05, 4.69) is 0 Å². The van der Waals surface area contributed by atoms with Gasteiger partial charge in [0, 0.05) is 7.11 Å². The molecular formula is C10H14FNO3S. The quantitative estimate of drug-likeness (QED) is 0.831. The van der Waals surface area contributed by atoms with Crippen molar-refractivity contribution in [2.24, 2.45) is 5.14 Å². The molecule has 16 heavy (non-hydrogen) atoms. The summed E-state index contributed by atoms with van der Waals surface area (Å²) in [6.45, 7) is 0. The first-order valence-electron chi connectivity index (χ1n) is 4.68. The van der Waals surface area contributed by atoms with E-state index in [9.17, 15) is 12.8 Å². The number of hydrogen-bond acceptors (Lipinski definition) is 3. The van der Waals surface area contributed by atoms with E-state index >= 15 is 0 Å². The monoisotopic (exact) mass is 247 g/mol. The van der Waals surface area contributed by atoms with Gasteiger partial charge in [0.2, 0.25) is 10.0 Å². The molecule has 1 unspecified atom stereocenters. The average molecular weight is 247 g/mol. The van der Waals surface area contributed by atoms with Crippen LogP contribution in [0, 0.1) is 5.82 Å². The third-order valence-corrected chi connectivity index (χ3v) is 2.96. The molecule has 0 heterocycles. The van der Waals surface area contributed by atoms with Crippen LogP contribution in [-0.4, -0.2) is 27.4 Å². The Morgan fingerprint density at radius 2 is 1.94 bits per heavy atom. The van der Waals surface area contributed by atoms with Crippen molar-refractivity contribution < 1.29 is 17.5 Å². The van der Waals surface area contributed by atoms with Crippen molar-refractivity contribution in [1.82, 2.24) is 0 Å². The van der Waals surface area contributed by atoms with Gasteiger partial charge in [0.05, 0.1) is 11.9 Å². The summed E-state index contributed by atoms with van der Waals surface area (Å²) in [6, 6.07) is 5.81. The van der Waals surface area contributed by atoms with E-state index in [0.29, 0.717) is 6.42 Å². The molecule has 1 rings (SSSR count). The molecule has 0 radical (unpaired) electrons. The zero-order valence-corrected chi connectivity index (χ0v) is 9.71. The van der Waals surface area contributed by atoms with Crippen LogP contribution in [0.15, 0.2) is 24.3 Å². The predicted molar refractivity (Wildman–Crippen MR) is 58.9 cm³/mol. The maximum Gasteiger partial charge on any atom is 0.211 e. The molecule has 6 heteroatoms. The molecule has 0 bridgehead atoms. The standard InChI is InChI=1S/C10H14FNO3S/c1-15-10(7-16(12,13)14)6-8-2-4-9(11)5-3-8/h2-5,10H,6-7H2,1H3,(H2,12,13,14). The number of primary sulfonamides is 1. The van der Waals surface area contributed by atoms with Crippen molar-refractivity contribution in [2.45, 2.75) is 12.5 Å². The van der Waals surface area contributed by atoms with E-state index < -0.39 is 16.1 Å². The van der Waals surface area contributed by atoms with Crippen molar-refractivity contribution in [3.05, 3.63) is 35.6 Å². The SMILES string of the molecule is COC(Cc1ccc(F)cc1)CS(N)(=O)=O. The highest BCUT2D eigenvalue weighted by Crippen LogP contribution is 2.08. The van der Waals surface area contributed by atoms with Gasteiger partial charge in [-0.15, -0.1) is 0 Å².